The average molecular weight is 476 g/mol. The van der Waals surface area contributed by atoms with E-state index >= 15 is 0 Å². The summed E-state index contributed by atoms with van der Waals surface area (Å²) in [5.74, 6) is -4.44. The van der Waals surface area contributed by atoms with Crippen LogP contribution in [0.4, 0.5) is 5.69 Å². The Morgan fingerprint density at radius 3 is 2.45 bits per heavy atom. The van der Waals surface area contributed by atoms with Crippen LogP contribution in [0.25, 0.3) is 0 Å². The smallest absolute Gasteiger partial charge is 0.338 e. The molecule has 0 aliphatic carbocycles. The van der Waals surface area contributed by atoms with E-state index in [0.717, 1.165) is 0 Å². The molecular formula is C22H25N3O7S. The van der Waals surface area contributed by atoms with Gasteiger partial charge in [-0.15, -0.1) is 12.6 Å². The van der Waals surface area contributed by atoms with Crippen molar-refractivity contribution in [3.63, 3.8) is 0 Å². The number of hydrogen-bond acceptors (Lipinski definition) is 8. The Morgan fingerprint density at radius 1 is 1.18 bits per heavy atom. The first-order valence-electron chi connectivity index (χ1n) is 9.96. The number of esters is 2. The van der Waals surface area contributed by atoms with Crippen LogP contribution in [0.1, 0.15) is 27.1 Å². The number of primary amides is 1. The first-order valence-corrected chi connectivity index (χ1v) is 10.4. The summed E-state index contributed by atoms with van der Waals surface area (Å²) in [6, 6.07) is 3.15. The van der Waals surface area contributed by atoms with Crippen molar-refractivity contribution in [2.45, 2.75) is 12.5 Å². The molecule has 11 heteroatoms. The van der Waals surface area contributed by atoms with Crippen molar-refractivity contribution in [3.05, 3.63) is 54.6 Å². The van der Waals surface area contributed by atoms with E-state index in [4.69, 9.17) is 15.2 Å². The molecule has 2 amide bonds. The third kappa shape index (κ3) is 6.77. The van der Waals surface area contributed by atoms with Gasteiger partial charge in [0.2, 0.25) is 5.91 Å². The number of nitrogens with one attached hydrogen (secondary N) is 2. The van der Waals surface area contributed by atoms with Crippen LogP contribution < -0.4 is 16.4 Å². The van der Waals surface area contributed by atoms with Crippen molar-refractivity contribution in [2.24, 2.45) is 17.6 Å². The highest BCUT2D eigenvalue weighted by Gasteiger charge is 2.41. The number of ether oxygens (including phenoxy) is 2. The van der Waals surface area contributed by atoms with E-state index in [2.05, 4.69) is 36.4 Å². The lowest BCUT2D eigenvalue weighted by molar-refractivity contribution is -0.151. The van der Waals surface area contributed by atoms with Crippen LogP contribution in [0.15, 0.2) is 43.5 Å². The highest BCUT2D eigenvalue weighted by Crippen LogP contribution is 2.27. The summed E-state index contributed by atoms with van der Waals surface area (Å²) >= 11 is 3.79. The number of carbonyl (C=O) groups is 5. The van der Waals surface area contributed by atoms with E-state index in [9.17, 15) is 24.0 Å². The van der Waals surface area contributed by atoms with Crippen LogP contribution in [0.2, 0.25) is 0 Å². The summed E-state index contributed by atoms with van der Waals surface area (Å²) < 4.78 is 9.93. The first kappa shape index (κ1) is 25.8. The Labute approximate surface area is 196 Å². The Hall–Kier alpha value is -3.44. The van der Waals surface area contributed by atoms with Gasteiger partial charge in [-0.3, -0.25) is 19.2 Å². The molecule has 1 unspecified atom stereocenters. The Bertz CT molecular complexity index is 979. The van der Waals surface area contributed by atoms with E-state index in [-0.39, 0.29) is 43.0 Å². The number of benzene rings is 1. The van der Waals surface area contributed by atoms with Crippen LogP contribution in [0.5, 0.6) is 0 Å². The third-order valence-electron chi connectivity index (χ3n) is 4.93. The molecule has 0 aromatic heterocycles. The number of nitrogens with two attached hydrogens (primary N) is 1. The predicted molar refractivity (Wildman–Crippen MR) is 123 cm³/mol. The summed E-state index contributed by atoms with van der Waals surface area (Å²) in [5.41, 5.74) is 5.50. The van der Waals surface area contributed by atoms with E-state index in [1.54, 1.807) is 0 Å². The standard InChI is InChI=1S/C22H25N3O7S/c1-3-7-31-20(28)12-5-6-14(18(23)26)15(9-12)25-19(27)16-10-13(11-24-16)17(22(30)33)21(29)32-8-4-2/h3-6,9,13,16-17,24H,1-2,7-8,10-11H2,(H2,23,26)(H,25,27)(H,30,33)/t13-,16?,17+/m1/s1. The summed E-state index contributed by atoms with van der Waals surface area (Å²) in [5, 5.41) is 4.85. The number of carbonyl (C=O) groups excluding carboxylic acids is 5. The highest BCUT2D eigenvalue weighted by molar-refractivity contribution is 7.96. The number of amides is 2. The van der Waals surface area contributed by atoms with Crippen LogP contribution in [0, 0.1) is 11.8 Å². The van der Waals surface area contributed by atoms with E-state index < -0.39 is 46.7 Å². The lowest BCUT2D eigenvalue weighted by Crippen LogP contribution is -2.36. The molecule has 4 N–H and O–H groups in total. The van der Waals surface area contributed by atoms with Gasteiger partial charge < -0.3 is 25.8 Å². The van der Waals surface area contributed by atoms with Gasteiger partial charge in [0.1, 0.15) is 19.1 Å². The number of rotatable bonds is 11. The molecule has 33 heavy (non-hydrogen) atoms. The van der Waals surface area contributed by atoms with Gasteiger partial charge in [-0.05, 0) is 30.5 Å². The lowest BCUT2D eigenvalue weighted by Gasteiger charge is -2.18. The molecule has 1 heterocycles. The van der Waals surface area contributed by atoms with Crippen molar-refractivity contribution < 1.29 is 33.4 Å². The molecule has 3 atom stereocenters. The fourth-order valence-electron chi connectivity index (χ4n) is 3.37. The molecule has 1 aromatic carbocycles. The van der Waals surface area contributed by atoms with E-state index in [0.29, 0.717) is 0 Å². The van der Waals surface area contributed by atoms with Crippen molar-refractivity contribution in [3.8, 4) is 0 Å². The second-order valence-electron chi connectivity index (χ2n) is 7.19. The summed E-state index contributed by atoms with van der Waals surface area (Å²) in [6.07, 6.45) is 2.91. The monoisotopic (exact) mass is 475 g/mol. The van der Waals surface area contributed by atoms with Crippen LogP contribution in [-0.2, 0) is 23.9 Å². The normalized spacial score (nSPS) is 18.0. The molecule has 0 saturated carbocycles. The predicted octanol–water partition coefficient (Wildman–Crippen LogP) is 0.847. The van der Waals surface area contributed by atoms with Crippen LogP contribution >= 0.6 is 12.6 Å². The Kier molecular flexibility index (Phi) is 9.37. The van der Waals surface area contributed by atoms with Gasteiger partial charge in [-0.1, -0.05) is 25.3 Å². The second-order valence-corrected chi connectivity index (χ2v) is 7.63. The minimum absolute atomic E-state index is 0.00502. The van der Waals surface area contributed by atoms with Gasteiger partial charge in [0.25, 0.3) is 5.91 Å². The molecule has 176 valence electrons. The number of anilines is 1. The molecule has 1 fully saturated rings. The van der Waals surface area contributed by atoms with Gasteiger partial charge in [-0.25, -0.2) is 4.79 Å². The van der Waals surface area contributed by atoms with Crippen molar-refractivity contribution in [1.82, 2.24) is 5.32 Å². The summed E-state index contributed by atoms with van der Waals surface area (Å²) in [4.78, 5) is 60.8. The number of hydrogen-bond donors (Lipinski definition) is 4. The van der Waals surface area contributed by atoms with Crippen molar-refractivity contribution in [2.75, 3.05) is 25.1 Å². The fraction of sp³-hybridized carbons (Fsp3) is 0.318. The number of thiol groups is 1. The minimum atomic E-state index is -1.15. The SMILES string of the molecule is C=CCOC(=O)c1ccc(C(N)=O)c(NC(=O)C2C[C@@H]([C@H](C(=O)S)C(=O)OCC=C)CN2)c1. The van der Waals surface area contributed by atoms with Gasteiger partial charge in [0, 0.05) is 6.54 Å². The van der Waals surface area contributed by atoms with Gasteiger partial charge in [0.15, 0.2) is 5.12 Å². The van der Waals surface area contributed by atoms with Crippen molar-refractivity contribution >= 4 is 47.2 Å². The molecule has 1 aliphatic rings. The molecule has 0 spiro atoms. The average Bonchev–Trinajstić information content (AvgIpc) is 3.25. The maximum absolute atomic E-state index is 12.8. The van der Waals surface area contributed by atoms with E-state index in [1.807, 2.05) is 0 Å². The summed E-state index contributed by atoms with van der Waals surface area (Å²) in [6.45, 7) is 7.03. The van der Waals surface area contributed by atoms with Crippen LogP contribution in [-0.4, -0.2) is 54.7 Å². The molecule has 1 aromatic rings. The summed E-state index contributed by atoms with van der Waals surface area (Å²) in [7, 11) is 0. The quantitative estimate of drug-likeness (QED) is 0.159. The molecule has 0 bridgehead atoms. The Morgan fingerprint density at radius 2 is 1.85 bits per heavy atom. The van der Waals surface area contributed by atoms with E-state index in [1.165, 1.54) is 30.4 Å². The molecule has 1 aliphatic heterocycles. The van der Waals surface area contributed by atoms with Crippen LogP contribution in [0.3, 0.4) is 0 Å². The zero-order valence-electron chi connectivity index (χ0n) is 17.7. The molecule has 1 saturated heterocycles. The second kappa shape index (κ2) is 12.0. The topological polar surface area (TPSA) is 154 Å². The minimum Gasteiger partial charge on any atom is -0.461 e. The highest BCUT2D eigenvalue weighted by atomic mass is 32.1. The lowest BCUT2D eigenvalue weighted by atomic mass is 9.90. The Balaban J connectivity index is 2.16. The molecule has 10 nitrogen and oxygen atoms in total. The third-order valence-corrected chi connectivity index (χ3v) is 5.21. The van der Waals surface area contributed by atoms with Gasteiger partial charge in [0.05, 0.1) is 22.9 Å². The first-order chi connectivity index (χ1) is 15.7. The maximum atomic E-state index is 12.8. The molecule has 0 radical (unpaired) electrons. The van der Waals surface area contributed by atoms with Gasteiger partial charge >= 0.3 is 11.9 Å². The molecular weight excluding hydrogens is 450 g/mol. The molecule has 2 rings (SSSR count). The largest absolute Gasteiger partial charge is 0.461 e. The fourth-order valence-corrected chi connectivity index (χ4v) is 3.69. The maximum Gasteiger partial charge on any atom is 0.338 e. The van der Waals surface area contributed by atoms with Crippen molar-refractivity contribution in [1.29, 1.82) is 0 Å². The zero-order valence-corrected chi connectivity index (χ0v) is 18.6. The zero-order chi connectivity index (χ0) is 24.5. The van der Waals surface area contributed by atoms with Gasteiger partial charge in [-0.2, -0.15) is 0 Å².